The molecule has 1 heterocycles. The summed E-state index contributed by atoms with van der Waals surface area (Å²) in [7, 11) is 0. The second-order valence-corrected chi connectivity index (χ2v) is 3.94. The zero-order chi connectivity index (χ0) is 10.8. The van der Waals surface area contributed by atoms with Crippen molar-refractivity contribution in [1.29, 1.82) is 0 Å². The minimum Gasteiger partial charge on any atom is -0.464 e. The summed E-state index contributed by atoms with van der Waals surface area (Å²) >= 11 is 0. The third kappa shape index (κ3) is 1.67. The lowest BCUT2D eigenvalue weighted by Gasteiger charge is -2.09. The fraction of sp³-hybridized carbons (Fsp3) is 0.308. The molecule has 0 aliphatic carbocycles. The van der Waals surface area contributed by atoms with E-state index in [4.69, 9.17) is 4.42 Å². The zero-order valence-corrected chi connectivity index (χ0v) is 8.99. The Morgan fingerprint density at radius 1 is 1.47 bits per heavy atom. The number of carbonyl (C=O) groups is 1. The van der Waals surface area contributed by atoms with Crippen LogP contribution < -0.4 is 0 Å². The first kappa shape index (κ1) is 9.97. The first-order valence-corrected chi connectivity index (χ1v) is 5.14. The Labute approximate surface area is 88.9 Å². The average molecular weight is 202 g/mol. The number of furan rings is 1. The van der Waals surface area contributed by atoms with Crippen LogP contribution in [0.5, 0.6) is 0 Å². The Balaban J connectivity index is 2.58. The number of carbonyl (C=O) groups excluding carboxylic acids is 1. The standard InChI is InChI=1S/C13H14O2/c1-9(6-7-14)11-4-3-5-12-13(11)10(2)8-15-12/h3-5,7-9H,6H2,1-2H3. The lowest BCUT2D eigenvalue weighted by Crippen LogP contribution is -1.95. The summed E-state index contributed by atoms with van der Waals surface area (Å²) in [5.74, 6) is 0.252. The van der Waals surface area contributed by atoms with Gasteiger partial charge < -0.3 is 9.21 Å². The Morgan fingerprint density at radius 2 is 2.27 bits per heavy atom. The number of benzene rings is 1. The van der Waals surface area contributed by atoms with E-state index in [0.29, 0.717) is 6.42 Å². The van der Waals surface area contributed by atoms with Crippen molar-refractivity contribution in [2.45, 2.75) is 26.2 Å². The second kappa shape index (κ2) is 3.89. The van der Waals surface area contributed by atoms with Crippen LogP contribution >= 0.6 is 0 Å². The monoisotopic (exact) mass is 202 g/mol. The van der Waals surface area contributed by atoms with E-state index in [-0.39, 0.29) is 5.92 Å². The molecule has 0 N–H and O–H groups in total. The molecule has 78 valence electrons. The van der Waals surface area contributed by atoms with Crippen LogP contribution in [-0.2, 0) is 4.79 Å². The Morgan fingerprint density at radius 3 is 3.00 bits per heavy atom. The summed E-state index contributed by atoms with van der Waals surface area (Å²) in [6, 6.07) is 6.00. The normalized spacial score (nSPS) is 12.9. The topological polar surface area (TPSA) is 30.2 Å². The summed E-state index contributed by atoms with van der Waals surface area (Å²) < 4.78 is 5.43. The van der Waals surface area contributed by atoms with Crippen molar-refractivity contribution in [3.63, 3.8) is 0 Å². The van der Waals surface area contributed by atoms with Gasteiger partial charge in [-0.3, -0.25) is 0 Å². The van der Waals surface area contributed by atoms with E-state index < -0.39 is 0 Å². The first-order chi connectivity index (χ1) is 7.24. The molecule has 0 spiro atoms. The molecule has 2 heteroatoms. The number of rotatable bonds is 3. The second-order valence-electron chi connectivity index (χ2n) is 3.94. The van der Waals surface area contributed by atoms with Crippen LogP contribution in [-0.4, -0.2) is 6.29 Å². The van der Waals surface area contributed by atoms with E-state index in [1.54, 1.807) is 6.26 Å². The van der Waals surface area contributed by atoms with Crippen molar-refractivity contribution in [2.24, 2.45) is 0 Å². The molecule has 2 nitrogen and oxygen atoms in total. The van der Waals surface area contributed by atoms with Crippen LogP contribution in [0.2, 0.25) is 0 Å². The van der Waals surface area contributed by atoms with E-state index >= 15 is 0 Å². The number of hydrogen-bond acceptors (Lipinski definition) is 2. The Kier molecular flexibility index (Phi) is 2.58. The average Bonchev–Trinajstić information content (AvgIpc) is 2.61. The molecule has 0 saturated carbocycles. The highest BCUT2D eigenvalue weighted by Crippen LogP contribution is 2.30. The van der Waals surface area contributed by atoms with Crippen LogP contribution in [0.15, 0.2) is 28.9 Å². The van der Waals surface area contributed by atoms with Crippen LogP contribution in [0.3, 0.4) is 0 Å². The van der Waals surface area contributed by atoms with Gasteiger partial charge in [-0.2, -0.15) is 0 Å². The van der Waals surface area contributed by atoms with E-state index in [1.165, 1.54) is 5.56 Å². The fourth-order valence-electron chi connectivity index (χ4n) is 1.96. The van der Waals surface area contributed by atoms with Crippen LogP contribution in [0.25, 0.3) is 11.0 Å². The lowest BCUT2D eigenvalue weighted by molar-refractivity contribution is -0.108. The molecule has 0 bridgehead atoms. The van der Waals surface area contributed by atoms with Gasteiger partial charge in [-0.1, -0.05) is 19.1 Å². The summed E-state index contributed by atoms with van der Waals surface area (Å²) in [4.78, 5) is 10.5. The minimum absolute atomic E-state index is 0.252. The predicted octanol–water partition coefficient (Wildman–Crippen LogP) is 3.43. The van der Waals surface area contributed by atoms with Gasteiger partial charge in [-0.05, 0) is 30.0 Å². The van der Waals surface area contributed by atoms with E-state index in [2.05, 4.69) is 13.0 Å². The van der Waals surface area contributed by atoms with Gasteiger partial charge in [0.1, 0.15) is 11.9 Å². The van der Waals surface area contributed by atoms with Crippen molar-refractivity contribution < 1.29 is 9.21 Å². The maximum Gasteiger partial charge on any atom is 0.134 e. The summed E-state index contributed by atoms with van der Waals surface area (Å²) in [6.45, 7) is 4.10. The van der Waals surface area contributed by atoms with E-state index in [9.17, 15) is 4.79 Å². The van der Waals surface area contributed by atoms with Gasteiger partial charge in [0.25, 0.3) is 0 Å². The maximum atomic E-state index is 10.5. The molecule has 0 amide bonds. The van der Waals surface area contributed by atoms with Gasteiger partial charge in [0.2, 0.25) is 0 Å². The molecular formula is C13H14O2. The lowest BCUT2D eigenvalue weighted by atomic mass is 9.94. The van der Waals surface area contributed by atoms with Crippen molar-refractivity contribution in [2.75, 3.05) is 0 Å². The molecule has 1 aromatic carbocycles. The molecule has 2 rings (SSSR count). The molecule has 0 saturated heterocycles. The minimum atomic E-state index is 0.252. The smallest absolute Gasteiger partial charge is 0.134 e. The van der Waals surface area contributed by atoms with Crippen LogP contribution in [0, 0.1) is 6.92 Å². The highest BCUT2D eigenvalue weighted by atomic mass is 16.3. The third-order valence-electron chi connectivity index (χ3n) is 2.80. The Bertz CT molecular complexity index is 482. The number of aldehydes is 1. The number of hydrogen-bond donors (Lipinski definition) is 0. The van der Waals surface area contributed by atoms with E-state index in [0.717, 1.165) is 22.8 Å². The van der Waals surface area contributed by atoms with Crippen molar-refractivity contribution in [1.82, 2.24) is 0 Å². The predicted molar refractivity (Wildman–Crippen MR) is 60.0 cm³/mol. The quantitative estimate of drug-likeness (QED) is 0.714. The summed E-state index contributed by atoms with van der Waals surface area (Å²) in [6.07, 6.45) is 3.30. The van der Waals surface area contributed by atoms with E-state index in [1.807, 2.05) is 19.1 Å². The largest absolute Gasteiger partial charge is 0.464 e. The molecular weight excluding hydrogens is 188 g/mol. The van der Waals surface area contributed by atoms with Crippen LogP contribution in [0.4, 0.5) is 0 Å². The first-order valence-electron chi connectivity index (χ1n) is 5.14. The summed E-state index contributed by atoms with van der Waals surface area (Å²) in [5, 5.41) is 1.16. The molecule has 2 aromatic rings. The van der Waals surface area contributed by atoms with Gasteiger partial charge in [0.05, 0.1) is 6.26 Å². The molecule has 15 heavy (non-hydrogen) atoms. The number of fused-ring (bicyclic) bond motifs is 1. The van der Waals surface area contributed by atoms with Crippen molar-refractivity contribution >= 4 is 17.3 Å². The van der Waals surface area contributed by atoms with Crippen molar-refractivity contribution in [3.05, 3.63) is 35.6 Å². The van der Waals surface area contributed by atoms with Crippen molar-refractivity contribution in [3.8, 4) is 0 Å². The van der Waals surface area contributed by atoms with Gasteiger partial charge in [-0.25, -0.2) is 0 Å². The zero-order valence-electron chi connectivity index (χ0n) is 8.99. The molecule has 1 unspecified atom stereocenters. The molecule has 0 radical (unpaired) electrons. The molecule has 1 atom stereocenters. The molecule has 0 aliphatic heterocycles. The Hall–Kier alpha value is -1.57. The summed E-state index contributed by atoms with van der Waals surface area (Å²) in [5.41, 5.74) is 3.24. The molecule has 0 fully saturated rings. The molecule has 0 aliphatic rings. The highest BCUT2D eigenvalue weighted by Gasteiger charge is 2.12. The van der Waals surface area contributed by atoms with Gasteiger partial charge in [0.15, 0.2) is 0 Å². The maximum absolute atomic E-state index is 10.5. The van der Waals surface area contributed by atoms with Gasteiger partial charge in [0, 0.05) is 11.8 Å². The van der Waals surface area contributed by atoms with Gasteiger partial charge in [-0.15, -0.1) is 0 Å². The molecule has 1 aromatic heterocycles. The number of aryl methyl sites for hydroxylation is 1. The fourth-order valence-corrected chi connectivity index (χ4v) is 1.96. The third-order valence-corrected chi connectivity index (χ3v) is 2.80. The van der Waals surface area contributed by atoms with Gasteiger partial charge >= 0.3 is 0 Å². The highest BCUT2D eigenvalue weighted by molar-refractivity contribution is 5.85. The SMILES string of the molecule is Cc1coc2cccc(C(C)CC=O)c12. The van der Waals surface area contributed by atoms with Crippen LogP contribution in [0.1, 0.15) is 30.4 Å².